The summed E-state index contributed by atoms with van der Waals surface area (Å²) in [5, 5.41) is 0. The number of nitrogens with zero attached hydrogens (tertiary/aromatic N) is 1. The highest BCUT2D eigenvalue weighted by atomic mass is 19.1. The largest absolute Gasteiger partial charge is 0.497 e. The molecule has 4 rings (SSSR count). The number of methoxy groups -OCH3 is 1. The van der Waals surface area contributed by atoms with E-state index in [0.29, 0.717) is 17.9 Å². The fraction of sp³-hybridized carbons (Fsp3) is 0.235. The molecule has 1 aliphatic rings. The molecule has 2 unspecified atom stereocenters. The van der Waals surface area contributed by atoms with Crippen LogP contribution in [0, 0.1) is 5.82 Å². The quantitative estimate of drug-likeness (QED) is 0.696. The summed E-state index contributed by atoms with van der Waals surface area (Å²) in [5.74, 6) is 1.10. The van der Waals surface area contributed by atoms with Gasteiger partial charge in [-0.05, 0) is 18.2 Å². The number of H-pyrrole nitrogens is 1. The molecule has 0 aliphatic carbocycles. The lowest BCUT2D eigenvalue weighted by molar-refractivity contribution is 0.409. The number of hydrogen-bond donors (Lipinski definition) is 3. The molecule has 0 spiro atoms. The van der Waals surface area contributed by atoms with Crippen LogP contribution in [0.2, 0.25) is 0 Å². The normalized spacial score (nSPS) is 21.0. The minimum atomic E-state index is -0.285. The van der Waals surface area contributed by atoms with Gasteiger partial charge >= 0.3 is 0 Å². The highest BCUT2D eigenvalue weighted by molar-refractivity contribution is 5.74. The van der Waals surface area contributed by atoms with Gasteiger partial charge in [0.25, 0.3) is 0 Å². The van der Waals surface area contributed by atoms with Crippen molar-refractivity contribution >= 4 is 11.0 Å². The minimum Gasteiger partial charge on any atom is -0.497 e. The number of hydrogen-bond acceptors (Lipinski definition) is 4. The maximum absolute atomic E-state index is 14.4. The van der Waals surface area contributed by atoms with Gasteiger partial charge in [-0.15, -0.1) is 0 Å². The average molecular weight is 312 g/mol. The maximum Gasteiger partial charge on any atom is 0.131 e. The van der Waals surface area contributed by atoms with Crippen LogP contribution < -0.4 is 15.6 Å². The van der Waals surface area contributed by atoms with Gasteiger partial charge in [0.2, 0.25) is 0 Å². The number of imidazole rings is 1. The number of rotatable bonds is 3. The molecule has 3 N–H and O–H groups in total. The van der Waals surface area contributed by atoms with Crippen molar-refractivity contribution in [3.63, 3.8) is 0 Å². The van der Waals surface area contributed by atoms with Crippen LogP contribution in [0.4, 0.5) is 4.39 Å². The summed E-state index contributed by atoms with van der Waals surface area (Å²) in [6.07, 6.45) is 0. The maximum atomic E-state index is 14.4. The lowest BCUT2D eigenvalue weighted by Gasteiger charge is -2.18. The van der Waals surface area contributed by atoms with E-state index in [1.54, 1.807) is 12.1 Å². The molecular weight excluding hydrogens is 295 g/mol. The first-order chi connectivity index (χ1) is 11.3. The van der Waals surface area contributed by atoms with Crippen LogP contribution in [-0.2, 0) is 0 Å². The summed E-state index contributed by atoms with van der Waals surface area (Å²) in [6.45, 7) is 0.677. The highest BCUT2D eigenvalue weighted by Crippen LogP contribution is 2.34. The molecule has 2 aromatic carbocycles. The van der Waals surface area contributed by atoms with Crippen molar-refractivity contribution in [1.82, 2.24) is 20.8 Å². The lowest BCUT2D eigenvalue weighted by Crippen LogP contribution is -2.25. The van der Waals surface area contributed by atoms with Gasteiger partial charge in [0.05, 0.1) is 30.1 Å². The Hall–Kier alpha value is -2.44. The number of aromatic amines is 1. The number of aromatic nitrogens is 2. The molecule has 0 amide bonds. The fourth-order valence-electron chi connectivity index (χ4n) is 3.08. The molecule has 23 heavy (non-hydrogen) atoms. The predicted molar refractivity (Wildman–Crippen MR) is 85.7 cm³/mol. The van der Waals surface area contributed by atoms with Gasteiger partial charge in [-0.25, -0.2) is 14.8 Å². The fourth-order valence-corrected chi connectivity index (χ4v) is 3.08. The molecule has 5 nitrogen and oxygen atoms in total. The first-order valence-electron chi connectivity index (χ1n) is 7.53. The number of fused-ring (bicyclic) bond motifs is 1. The summed E-state index contributed by atoms with van der Waals surface area (Å²) < 4.78 is 19.5. The van der Waals surface area contributed by atoms with Gasteiger partial charge in [-0.3, -0.25) is 5.43 Å². The number of benzene rings is 2. The molecule has 1 aromatic heterocycles. The molecule has 0 radical (unpaired) electrons. The third-order valence-corrected chi connectivity index (χ3v) is 4.28. The molecule has 2 atom stereocenters. The second-order valence-electron chi connectivity index (χ2n) is 5.64. The summed E-state index contributed by atoms with van der Waals surface area (Å²) in [5.41, 5.74) is 8.77. The van der Waals surface area contributed by atoms with Crippen molar-refractivity contribution in [1.29, 1.82) is 0 Å². The van der Waals surface area contributed by atoms with Crippen LogP contribution in [0.1, 0.15) is 23.3 Å². The first kappa shape index (κ1) is 14.2. The third-order valence-electron chi connectivity index (χ3n) is 4.28. The van der Waals surface area contributed by atoms with Crippen molar-refractivity contribution in [2.45, 2.75) is 12.0 Å². The Bertz CT molecular complexity index is 814. The third kappa shape index (κ3) is 2.46. The Kier molecular flexibility index (Phi) is 3.48. The summed E-state index contributed by atoms with van der Waals surface area (Å²) in [6, 6.07) is 12.6. The molecule has 118 valence electrons. The van der Waals surface area contributed by atoms with Crippen molar-refractivity contribution in [2.24, 2.45) is 0 Å². The highest BCUT2D eigenvalue weighted by Gasteiger charge is 2.33. The Morgan fingerprint density at radius 3 is 2.87 bits per heavy atom. The van der Waals surface area contributed by atoms with E-state index in [-0.39, 0.29) is 17.8 Å². The van der Waals surface area contributed by atoms with E-state index in [2.05, 4.69) is 20.8 Å². The van der Waals surface area contributed by atoms with E-state index >= 15 is 0 Å². The minimum absolute atomic E-state index is 0.0188. The second kappa shape index (κ2) is 5.64. The van der Waals surface area contributed by atoms with E-state index in [1.165, 1.54) is 13.2 Å². The number of ether oxygens (including phenoxy) is 1. The van der Waals surface area contributed by atoms with Crippen LogP contribution in [0.5, 0.6) is 5.75 Å². The summed E-state index contributed by atoms with van der Waals surface area (Å²) in [7, 11) is 1.53. The van der Waals surface area contributed by atoms with Crippen LogP contribution >= 0.6 is 0 Å². The van der Waals surface area contributed by atoms with Crippen molar-refractivity contribution in [3.8, 4) is 5.75 Å². The van der Waals surface area contributed by atoms with Crippen LogP contribution in [0.15, 0.2) is 42.5 Å². The number of nitrogens with one attached hydrogen (secondary N) is 3. The topological polar surface area (TPSA) is 62.0 Å². The Balaban J connectivity index is 1.71. The van der Waals surface area contributed by atoms with Crippen LogP contribution in [0.3, 0.4) is 0 Å². The lowest BCUT2D eigenvalue weighted by atomic mass is 9.94. The van der Waals surface area contributed by atoms with E-state index in [9.17, 15) is 4.39 Å². The van der Waals surface area contributed by atoms with Gasteiger partial charge < -0.3 is 9.72 Å². The molecule has 1 saturated heterocycles. The summed E-state index contributed by atoms with van der Waals surface area (Å²) in [4.78, 5) is 7.99. The van der Waals surface area contributed by atoms with Gasteiger partial charge in [0, 0.05) is 18.2 Å². The molecule has 0 bridgehead atoms. The zero-order valence-corrected chi connectivity index (χ0v) is 12.6. The Morgan fingerprint density at radius 1 is 1.22 bits per heavy atom. The van der Waals surface area contributed by atoms with Crippen molar-refractivity contribution < 1.29 is 9.13 Å². The monoisotopic (exact) mass is 312 g/mol. The molecule has 3 aromatic rings. The zero-order valence-electron chi connectivity index (χ0n) is 12.6. The van der Waals surface area contributed by atoms with Crippen molar-refractivity contribution in [3.05, 3.63) is 59.7 Å². The van der Waals surface area contributed by atoms with E-state index < -0.39 is 0 Å². The Morgan fingerprint density at radius 2 is 2.09 bits per heavy atom. The zero-order chi connectivity index (χ0) is 15.8. The molecule has 0 saturated carbocycles. The first-order valence-corrected chi connectivity index (χ1v) is 7.53. The van der Waals surface area contributed by atoms with Crippen molar-refractivity contribution in [2.75, 3.05) is 13.7 Å². The number of hydrazine groups is 1. The molecule has 6 heteroatoms. The number of para-hydroxylation sites is 2. The van der Waals surface area contributed by atoms with E-state index in [4.69, 9.17) is 4.74 Å². The average Bonchev–Trinajstić information content (AvgIpc) is 3.20. The van der Waals surface area contributed by atoms with Crippen LogP contribution in [-0.4, -0.2) is 23.6 Å². The predicted octanol–water partition coefficient (Wildman–Crippen LogP) is 2.64. The SMILES string of the molecule is COc1ccc(C2NNCC2c2nc3ccccc3[nH]2)c(F)c1. The van der Waals surface area contributed by atoms with Gasteiger partial charge in [-0.1, -0.05) is 18.2 Å². The molecule has 1 aliphatic heterocycles. The van der Waals surface area contributed by atoms with E-state index in [1.807, 2.05) is 24.3 Å². The van der Waals surface area contributed by atoms with Gasteiger partial charge in [-0.2, -0.15) is 0 Å². The molecule has 1 fully saturated rings. The Labute approximate surface area is 132 Å². The van der Waals surface area contributed by atoms with Gasteiger partial charge in [0.15, 0.2) is 0 Å². The summed E-state index contributed by atoms with van der Waals surface area (Å²) >= 11 is 0. The van der Waals surface area contributed by atoms with Gasteiger partial charge in [0.1, 0.15) is 17.4 Å². The molecule has 2 heterocycles. The standard InChI is InChI=1S/C17H17FN4O/c1-23-10-6-7-11(13(18)8-10)16-12(9-19-22-16)17-20-14-4-2-3-5-15(14)21-17/h2-8,12,16,19,22H,9H2,1H3,(H,20,21). The second-order valence-corrected chi connectivity index (χ2v) is 5.64. The molecular formula is C17H17FN4O. The number of halogens is 1. The smallest absolute Gasteiger partial charge is 0.131 e. The van der Waals surface area contributed by atoms with Crippen LogP contribution in [0.25, 0.3) is 11.0 Å². The van der Waals surface area contributed by atoms with E-state index in [0.717, 1.165) is 16.9 Å².